The van der Waals surface area contributed by atoms with Crippen LogP contribution in [0.2, 0.25) is 0 Å². The average Bonchev–Trinajstić information content (AvgIpc) is 2.33. The minimum atomic E-state index is -0.608. The van der Waals surface area contributed by atoms with Crippen molar-refractivity contribution in [3.63, 3.8) is 0 Å². The molecular weight excluding hydrogens is 252 g/mol. The summed E-state index contributed by atoms with van der Waals surface area (Å²) in [6.07, 6.45) is -0.153. The van der Waals surface area contributed by atoms with Crippen molar-refractivity contribution in [1.82, 2.24) is 0 Å². The van der Waals surface area contributed by atoms with Crippen LogP contribution in [0.15, 0.2) is 24.8 Å². The van der Waals surface area contributed by atoms with Crippen molar-refractivity contribution in [3.8, 4) is 0 Å². The minimum Gasteiger partial charge on any atom is -0.460 e. The van der Waals surface area contributed by atoms with Gasteiger partial charge in [0.1, 0.15) is 13.2 Å². The van der Waals surface area contributed by atoms with Crippen LogP contribution in [0.5, 0.6) is 0 Å². The fourth-order valence-corrected chi connectivity index (χ4v) is 0.581. The Morgan fingerprint density at radius 1 is 1.16 bits per heavy atom. The third-order valence-corrected chi connectivity index (χ3v) is 1.44. The number of hydrogen-bond donors (Lipinski definition) is 2. The molecule has 0 rings (SSSR count). The van der Waals surface area contributed by atoms with E-state index in [2.05, 4.69) is 22.6 Å². The van der Waals surface area contributed by atoms with Crippen LogP contribution in [0.1, 0.15) is 20.8 Å². The van der Waals surface area contributed by atoms with E-state index in [1.165, 1.54) is 6.92 Å². The summed E-state index contributed by atoms with van der Waals surface area (Å²) < 4.78 is 9.02. The molecule has 2 unspecified atom stereocenters. The predicted octanol–water partition coefficient (Wildman–Crippen LogP) is 0.583. The molecule has 0 spiro atoms. The molecule has 0 aliphatic carbocycles. The van der Waals surface area contributed by atoms with Crippen LogP contribution >= 0.6 is 0 Å². The lowest BCUT2D eigenvalue weighted by Gasteiger charge is -2.04. The van der Waals surface area contributed by atoms with Crippen molar-refractivity contribution in [2.45, 2.75) is 33.0 Å². The van der Waals surface area contributed by atoms with E-state index < -0.39 is 24.1 Å². The van der Waals surface area contributed by atoms with Gasteiger partial charge < -0.3 is 19.7 Å². The molecule has 2 atom stereocenters. The number of carbonyl (C=O) groups is 2. The molecule has 0 radical (unpaired) electrons. The topological polar surface area (TPSA) is 93.1 Å². The molecule has 0 aromatic rings. The van der Waals surface area contributed by atoms with E-state index in [0.717, 1.165) is 6.08 Å². The van der Waals surface area contributed by atoms with Gasteiger partial charge in [-0.3, -0.25) is 0 Å². The molecule has 110 valence electrons. The molecule has 0 heterocycles. The third-order valence-electron chi connectivity index (χ3n) is 1.44. The maximum absolute atomic E-state index is 10.6. The summed E-state index contributed by atoms with van der Waals surface area (Å²) >= 11 is 0. The summed E-state index contributed by atoms with van der Waals surface area (Å²) in [6.45, 7) is 11.3. The van der Waals surface area contributed by atoms with Crippen molar-refractivity contribution in [3.05, 3.63) is 24.8 Å². The van der Waals surface area contributed by atoms with Gasteiger partial charge in [0, 0.05) is 11.6 Å². The van der Waals surface area contributed by atoms with E-state index in [1.54, 1.807) is 13.8 Å². The first-order chi connectivity index (χ1) is 8.70. The lowest BCUT2D eigenvalue weighted by molar-refractivity contribution is -0.141. The summed E-state index contributed by atoms with van der Waals surface area (Å²) in [5.41, 5.74) is 0.348. The molecule has 0 aromatic heterocycles. The highest BCUT2D eigenvalue weighted by Crippen LogP contribution is 1.92. The molecule has 0 aliphatic rings. The second-order valence-electron chi connectivity index (χ2n) is 3.91. The zero-order valence-corrected chi connectivity index (χ0v) is 11.6. The molecule has 19 heavy (non-hydrogen) atoms. The van der Waals surface area contributed by atoms with E-state index in [1.807, 2.05) is 0 Å². The Balaban J connectivity index is 0. The Bertz CT molecular complexity index is 306. The summed E-state index contributed by atoms with van der Waals surface area (Å²) in [4.78, 5) is 20.9. The van der Waals surface area contributed by atoms with E-state index in [9.17, 15) is 9.59 Å². The summed E-state index contributed by atoms with van der Waals surface area (Å²) in [6, 6.07) is 0. The number of ether oxygens (including phenoxy) is 2. The van der Waals surface area contributed by atoms with Gasteiger partial charge in [0.25, 0.3) is 0 Å². The maximum Gasteiger partial charge on any atom is 0.333 e. The minimum absolute atomic E-state index is 0.0326. The molecule has 6 heteroatoms. The Hall–Kier alpha value is -1.66. The predicted molar refractivity (Wildman–Crippen MR) is 70.3 cm³/mol. The lowest BCUT2D eigenvalue weighted by atomic mass is 10.3. The first kappa shape index (κ1) is 19.7. The Kier molecular flexibility index (Phi) is 11.8. The second-order valence-corrected chi connectivity index (χ2v) is 3.91. The zero-order valence-electron chi connectivity index (χ0n) is 11.6. The number of rotatable bonds is 6. The van der Waals surface area contributed by atoms with Crippen LogP contribution in [-0.2, 0) is 19.1 Å². The molecular formula is C13H22O6. The van der Waals surface area contributed by atoms with Crippen LogP contribution in [0.25, 0.3) is 0 Å². The maximum atomic E-state index is 10.6. The third kappa shape index (κ3) is 16.3. The molecule has 0 bridgehead atoms. The fraction of sp³-hybridized carbons (Fsp3) is 0.538. The van der Waals surface area contributed by atoms with Gasteiger partial charge in [-0.25, -0.2) is 9.59 Å². The molecule has 0 amide bonds. The Morgan fingerprint density at radius 2 is 1.58 bits per heavy atom. The zero-order chi connectivity index (χ0) is 15.4. The van der Waals surface area contributed by atoms with Crippen LogP contribution in [0, 0.1) is 0 Å². The highest BCUT2D eigenvalue weighted by atomic mass is 16.5. The highest BCUT2D eigenvalue weighted by Gasteiger charge is 2.03. The van der Waals surface area contributed by atoms with Crippen LogP contribution < -0.4 is 0 Å². The largest absolute Gasteiger partial charge is 0.460 e. The fourth-order valence-electron chi connectivity index (χ4n) is 0.581. The van der Waals surface area contributed by atoms with E-state index >= 15 is 0 Å². The van der Waals surface area contributed by atoms with Gasteiger partial charge in [0.05, 0.1) is 12.2 Å². The van der Waals surface area contributed by atoms with Gasteiger partial charge in [-0.1, -0.05) is 13.2 Å². The molecule has 0 fully saturated rings. The SMILES string of the molecule is C=C(C)C(=O)OCC(C)O.C=CC(=O)OCC(C)O. The first-order valence-electron chi connectivity index (χ1n) is 5.68. The normalized spacial score (nSPS) is 12.3. The second kappa shape index (κ2) is 11.4. The van der Waals surface area contributed by atoms with E-state index in [4.69, 9.17) is 10.2 Å². The van der Waals surface area contributed by atoms with Crippen molar-refractivity contribution in [2.24, 2.45) is 0 Å². The number of aliphatic hydroxyl groups is 2. The van der Waals surface area contributed by atoms with Crippen LogP contribution in [-0.4, -0.2) is 47.6 Å². The van der Waals surface area contributed by atoms with Crippen LogP contribution in [0.3, 0.4) is 0 Å². The van der Waals surface area contributed by atoms with Crippen molar-refractivity contribution in [1.29, 1.82) is 0 Å². The summed E-state index contributed by atoms with van der Waals surface area (Å²) in [5, 5.41) is 17.3. The molecule has 0 aromatic carbocycles. The van der Waals surface area contributed by atoms with Gasteiger partial charge in [0.2, 0.25) is 0 Å². The van der Waals surface area contributed by atoms with Crippen molar-refractivity contribution < 1.29 is 29.3 Å². The molecule has 0 aliphatic heterocycles. The number of carbonyl (C=O) groups excluding carboxylic acids is 2. The van der Waals surface area contributed by atoms with Gasteiger partial charge in [0.15, 0.2) is 0 Å². The molecule has 0 saturated heterocycles. The quantitative estimate of drug-likeness (QED) is 0.543. The number of esters is 2. The molecule has 2 N–H and O–H groups in total. The van der Waals surface area contributed by atoms with Gasteiger partial charge in [-0.2, -0.15) is 0 Å². The van der Waals surface area contributed by atoms with E-state index in [0.29, 0.717) is 5.57 Å². The van der Waals surface area contributed by atoms with E-state index in [-0.39, 0.29) is 13.2 Å². The van der Waals surface area contributed by atoms with Gasteiger partial charge in [-0.05, 0) is 20.8 Å². The summed E-state index contributed by atoms with van der Waals surface area (Å²) in [7, 11) is 0. The van der Waals surface area contributed by atoms with Crippen molar-refractivity contribution in [2.75, 3.05) is 13.2 Å². The van der Waals surface area contributed by atoms with Crippen LogP contribution in [0.4, 0.5) is 0 Å². The highest BCUT2D eigenvalue weighted by molar-refractivity contribution is 5.86. The van der Waals surface area contributed by atoms with Crippen molar-refractivity contribution >= 4 is 11.9 Å². The molecule has 6 nitrogen and oxygen atoms in total. The monoisotopic (exact) mass is 274 g/mol. The average molecular weight is 274 g/mol. The smallest absolute Gasteiger partial charge is 0.333 e. The number of hydrogen-bond acceptors (Lipinski definition) is 6. The number of aliphatic hydroxyl groups excluding tert-OH is 2. The molecule has 0 saturated carbocycles. The summed E-state index contributed by atoms with van der Waals surface area (Å²) in [5.74, 6) is -0.961. The standard InChI is InChI=1S/C7H12O3.C6H10O3/c1-5(2)7(9)10-4-6(3)8;1-3-6(8)9-4-5(2)7/h6,8H,1,4H2,2-3H3;3,5,7H,1,4H2,2H3. The lowest BCUT2D eigenvalue weighted by Crippen LogP contribution is -2.15. The van der Waals surface area contributed by atoms with Gasteiger partial charge in [-0.15, -0.1) is 0 Å². The first-order valence-corrected chi connectivity index (χ1v) is 5.68. The Labute approximate surface area is 113 Å². The van der Waals surface area contributed by atoms with Gasteiger partial charge >= 0.3 is 11.9 Å². The Morgan fingerprint density at radius 3 is 1.89 bits per heavy atom.